The lowest BCUT2D eigenvalue weighted by Gasteiger charge is -2.31. The Morgan fingerprint density at radius 1 is 1.45 bits per heavy atom. The number of aromatic hydroxyl groups is 1. The smallest absolute Gasteiger partial charge is 0.258 e. The SMILES string of the molecule is COc1ccc(O)c(C(=O)N2CC(=O)NC(=O)C2C)c1. The Balaban J connectivity index is 2.35. The number of hydrogen-bond donors (Lipinski definition) is 2. The van der Waals surface area contributed by atoms with Crippen LogP contribution in [0.4, 0.5) is 0 Å². The molecule has 1 aliphatic heterocycles. The van der Waals surface area contributed by atoms with Gasteiger partial charge in [-0.2, -0.15) is 0 Å². The summed E-state index contributed by atoms with van der Waals surface area (Å²) in [4.78, 5) is 36.4. The van der Waals surface area contributed by atoms with E-state index in [0.717, 1.165) is 4.90 Å². The highest BCUT2D eigenvalue weighted by molar-refractivity contribution is 6.07. The van der Waals surface area contributed by atoms with E-state index in [2.05, 4.69) is 5.32 Å². The molecule has 7 heteroatoms. The first-order chi connectivity index (χ1) is 9.43. The summed E-state index contributed by atoms with van der Waals surface area (Å²) in [6.45, 7) is 1.28. The van der Waals surface area contributed by atoms with Gasteiger partial charge in [-0.1, -0.05) is 0 Å². The van der Waals surface area contributed by atoms with Crippen LogP contribution in [0.25, 0.3) is 0 Å². The largest absolute Gasteiger partial charge is 0.507 e. The molecule has 0 bridgehead atoms. The quantitative estimate of drug-likeness (QED) is 0.736. The summed E-state index contributed by atoms with van der Waals surface area (Å²) in [5.41, 5.74) is -0.0151. The fraction of sp³-hybridized carbons (Fsp3) is 0.308. The van der Waals surface area contributed by atoms with Gasteiger partial charge in [-0.15, -0.1) is 0 Å². The van der Waals surface area contributed by atoms with Crippen molar-refractivity contribution in [2.45, 2.75) is 13.0 Å². The van der Waals surface area contributed by atoms with Gasteiger partial charge in [-0.05, 0) is 25.1 Å². The van der Waals surface area contributed by atoms with Crippen molar-refractivity contribution >= 4 is 17.7 Å². The van der Waals surface area contributed by atoms with Gasteiger partial charge in [0.15, 0.2) is 0 Å². The maximum absolute atomic E-state index is 12.4. The lowest BCUT2D eigenvalue weighted by molar-refractivity contribution is -0.138. The molecule has 0 saturated carbocycles. The van der Waals surface area contributed by atoms with Gasteiger partial charge in [0.1, 0.15) is 24.1 Å². The predicted octanol–water partition coefficient (Wildman–Crippen LogP) is -0.112. The number of nitrogens with one attached hydrogen (secondary N) is 1. The summed E-state index contributed by atoms with van der Waals surface area (Å²) >= 11 is 0. The van der Waals surface area contributed by atoms with E-state index in [1.54, 1.807) is 0 Å². The van der Waals surface area contributed by atoms with Crippen LogP contribution in [0, 0.1) is 0 Å². The fourth-order valence-electron chi connectivity index (χ4n) is 1.93. The highest BCUT2D eigenvalue weighted by Crippen LogP contribution is 2.25. The molecule has 2 rings (SSSR count). The predicted molar refractivity (Wildman–Crippen MR) is 68.3 cm³/mol. The number of methoxy groups -OCH3 is 1. The topological polar surface area (TPSA) is 95.9 Å². The van der Waals surface area contributed by atoms with E-state index >= 15 is 0 Å². The van der Waals surface area contributed by atoms with Crippen LogP contribution >= 0.6 is 0 Å². The van der Waals surface area contributed by atoms with Crippen LogP contribution in [-0.2, 0) is 9.59 Å². The maximum atomic E-state index is 12.4. The molecule has 0 aliphatic carbocycles. The van der Waals surface area contributed by atoms with Gasteiger partial charge < -0.3 is 14.7 Å². The maximum Gasteiger partial charge on any atom is 0.258 e. The number of phenols is 1. The molecule has 1 saturated heterocycles. The van der Waals surface area contributed by atoms with Crippen LogP contribution in [0.15, 0.2) is 18.2 Å². The van der Waals surface area contributed by atoms with E-state index in [0.29, 0.717) is 5.75 Å². The van der Waals surface area contributed by atoms with Crippen molar-refractivity contribution in [3.63, 3.8) is 0 Å². The molecule has 1 aromatic carbocycles. The van der Waals surface area contributed by atoms with Gasteiger partial charge in [0.25, 0.3) is 5.91 Å². The summed E-state index contributed by atoms with van der Waals surface area (Å²) < 4.78 is 4.99. The van der Waals surface area contributed by atoms with Gasteiger partial charge in [-0.3, -0.25) is 19.7 Å². The number of rotatable bonds is 2. The highest BCUT2D eigenvalue weighted by Gasteiger charge is 2.34. The van der Waals surface area contributed by atoms with E-state index in [4.69, 9.17) is 4.74 Å². The van der Waals surface area contributed by atoms with Crippen molar-refractivity contribution in [3.8, 4) is 11.5 Å². The van der Waals surface area contributed by atoms with Gasteiger partial charge in [0.2, 0.25) is 11.8 Å². The average Bonchev–Trinajstić information content (AvgIpc) is 2.42. The van der Waals surface area contributed by atoms with Crippen molar-refractivity contribution in [2.24, 2.45) is 0 Å². The normalized spacial score (nSPS) is 18.7. The van der Waals surface area contributed by atoms with Crippen LogP contribution in [-0.4, -0.2) is 47.4 Å². The van der Waals surface area contributed by atoms with Crippen molar-refractivity contribution in [1.82, 2.24) is 10.2 Å². The highest BCUT2D eigenvalue weighted by atomic mass is 16.5. The summed E-state index contributed by atoms with van der Waals surface area (Å²) in [6.07, 6.45) is 0. The summed E-state index contributed by atoms with van der Waals surface area (Å²) in [7, 11) is 1.43. The summed E-state index contributed by atoms with van der Waals surface area (Å²) in [6, 6.07) is 3.40. The second-order valence-electron chi connectivity index (χ2n) is 4.40. The molecule has 1 fully saturated rings. The zero-order valence-corrected chi connectivity index (χ0v) is 11.0. The summed E-state index contributed by atoms with van der Waals surface area (Å²) in [5.74, 6) is -1.54. The number of phenolic OH excluding ortho intramolecular Hbond substituents is 1. The van der Waals surface area contributed by atoms with E-state index < -0.39 is 23.8 Å². The number of ether oxygens (including phenoxy) is 1. The van der Waals surface area contributed by atoms with E-state index in [-0.39, 0.29) is 17.9 Å². The van der Waals surface area contributed by atoms with E-state index in [9.17, 15) is 19.5 Å². The number of nitrogens with zero attached hydrogens (tertiary/aromatic N) is 1. The molecule has 7 nitrogen and oxygen atoms in total. The summed E-state index contributed by atoms with van der Waals surface area (Å²) in [5, 5.41) is 11.9. The second kappa shape index (κ2) is 5.20. The standard InChI is InChI=1S/C13H14N2O5/c1-7-12(18)14-11(17)6-15(7)13(19)9-5-8(20-2)3-4-10(9)16/h3-5,7,16H,6H2,1-2H3,(H,14,17,18). The molecule has 106 valence electrons. The van der Waals surface area contributed by atoms with Crippen LogP contribution in [0.1, 0.15) is 17.3 Å². The zero-order valence-electron chi connectivity index (χ0n) is 11.0. The Labute approximate surface area is 115 Å². The third-order valence-electron chi connectivity index (χ3n) is 3.12. The van der Waals surface area contributed by atoms with Crippen molar-refractivity contribution < 1.29 is 24.2 Å². The van der Waals surface area contributed by atoms with E-state index in [1.807, 2.05) is 0 Å². The minimum atomic E-state index is -0.786. The number of hydrogen-bond acceptors (Lipinski definition) is 5. The molecule has 0 aromatic heterocycles. The van der Waals surface area contributed by atoms with Crippen LogP contribution in [0.5, 0.6) is 11.5 Å². The number of imide groups is 1. The number of benzene rings is 1. The van der Waals surface area contributed by atoms with E-state index in [1.165, 1.54) is 32.2 Å². The third kappa shape index (κ3) is 2.42. The molecule has 0 radical (unpaired) electrons. The first-order valence-electron chi connectivity index (χ1n) is 5.95. The molecule has 1 heterocycles. The van der Waals surface area contributed by atoms with Gasteiger partial charge in [0, 0.05) is 0 Å². The van der Waals surface area contributed by atoms with Crippen molar-refractivity contribution in [2.75, 3.05) is 13.7 Å². The van der Waals surface area contributed by atoms with Gasteiger partial charge >= 0.3 is 0 Å². The Morgan fingerprint density at radius 2 is 2.15 bits per heavy atom. The zero-order chi connectivity index (χ0) is 14.9. The first-order valence-corrected chi connectivity index (χ1v) is 5.95. The molecule has 1 aromatic rings. The van der Waals surface area contributed by atoms with Crippen LogP contribution in [0.3, 0.4) is 0 Å². The monoisotopic (exact) mass is 278 g/mol. The minimum Gasteiger partial charge on any atom is -0.507 e. The van der Waals surface area contributed by atoms with Crippen LogP contribution < -0.4 is 10.1 Å². The lowest BCUT2D eigenvalue weighted by Crippen LogP contribution is -2.58. The van der Waals surface area contributed by atoms with Gasteiger partial charge in [-0.25, -0.2) is 0 Å². The molecule has 1 aliphatic rings. The third-order valence-corrected chi connectivity index (χ3v) is 3.12. The molecule has 3 amide bonds. The molecular formula is C13H14N2O5. The fourth-order valence-corrected chi connectivity index (χ4v) is 1.93. The van der Waals surface area contributed by atoms with Crippen LogP contribution in [0.2, 0.25) is 0 Å². The number of amides is 3. The Hall–Kier alpha value is -2.57. The van der Waals surface area contributed by atoms with Crippen molar-refractivity contribution in [3.05, 3.63) is 23.8 Å². The number of carbonyl (C=O) groups is 3. The molecule has 1 atom stereocenters. The lowest BCUT2D eigenvalue weighted by atomic mass is 10.1. The Morgan fingerprint density at radius 3 is 2.80 bits per heavy atom. The molecule has 2 N–H and O–H groups in total. The average molecular weight is 278 g/mol. The van der Waals surface area contributed by atoms with Gasteiger partial charge in [0.05, 0.1) is 12.7 Å². The Kier molecular flexibility index (Phi) is 3.60. The van der Waals surface area contributed by atoms with Crippen molar-refractivity contribution in [1.29, 1.82) is 0 Å². The Bertz CT molecular complexity index is 584. The molecule has 20 heavy (non-hydrogen) atoms. The molecule has 0 spiro atoms. The second-order valence-corrected chi connectivity index (χ2v) is 4.40. The number of carbonyl (C=O) groups excluding carboxylic acids is 3. The minimum absolute atomic E-state index is 0.0151. The molecular weight excluding hydrogens is 264 g/mol. The first kappa shape index (κ1) is 13.9. The number of piperazine rings is 1. The molecule has 1 unspecified atom stereocenters.